The van der Waals surface area contributed by atoms with Crippen LogP contribution in [-0.4, -0.2) is 29.6 Å². The zero-order chi connectivity index (χ0) is 12.5. The molecule has 0 aromatic heterocycles. The van der Waals surface area contributed by atoms with Crippen LogP contribution in [0.1, 0.15) is 17.5 Å². The maximum Gasteiger partial charge on any atom is 0.307 e. The van der Waals surface area contributed by atoms with Gasteiger partial charge in [-0.2, -0.15) is 11.8 Å². The molecule has 0 atom stereocenters. The molecular formula is C13H19NO2S. The molecule has 1 aromatic carbocycles. The highest BCUT2D eigenvalue weighted by molar-refractivity contribution is 7.98. The van der Waals surface area contributed by atoms with E-state index in [0.717, 1.165) is 36.4 Å². The highest BCUT2D eigenvalue weighted by Crippen LogP contribution is 2.09. The average molecular weight is 253 g/mol. The Bertz CT molecular complexity index is 355. The number of nitrogens with one attached hydrogen (secondary N) is 1. The van der Waals surface area contributed by atoms with Gasteiger partial charge in [-0.3, -0.25) is 4.79 Å². The van der Waals surface area contributed by atoms with Crippen LogP contribution >= 0.6 is 11.8 Å². The standard InChI is InChI=1S/C13H19NO2S/c1-17-8-4-7-14-10-12-6-3-2-5-11(12)9-13(15)16/h2-3,5-6,14H,4,7-10H2,1H3,(H,15,16). The van der Waals surface area contributed by atoms with Crippen molar-refractivity contribution in [3.63, 3.8) is 0 Å². The van der Waals surface area contributed by atoms with E-state index in [2.05, 4.69) is 11.6 Å². The summed E-state index contributed by atoms with van der Waals surface area (Å²) in [6.45, 7) is 1.72. The number of thioether (sulfide) groups is 1. The van der Waals surface area contributed by atoms with Gasteiger partial charge in [0, 0.05) is 6.54 Å². The van der Waals surface area contributed by atoms with Crippen molar-refractivity contribution in [1.82, 2.24) is 5.32 Å². The Kier molecular flexibility index (Phi) is 6.74. The van der Waals surface area contributed by atoms with E-state index in [1.807, 2.05) is 36.0 Å². The fourth-order valence-corrected chi connectivity index (χ4v) is 2.06. The Balaban J connectivity index is 2.43. The molecule has 17 heavy (non-hydrogen) atoms. The van der Waals surface area contributed by atoms with Crippen LogP contribution in [0.15, 0.2) is 24.3 Å². The molecule has 1 rings (SSSR count). The highest BCUT2D eigenvalue weighted by atomic mass is 32.2. The lowest BCUT2D eigenvalue weighted by molar-refractivity contribution is -0.136. The number of carboxylic acids is 1. The minimum Gasteiger partial charge on any atom is -0.481 e. The first kappa shape index (κ1) is 14.1. The van der Waals surface area contributed by atoms with Crippen LogP contribution in [0.4, 0.5) is 0 Å². The first-order valence-electron chi connectivity index (χ1n) is 5.72. The highest BCUT2D eigenvalue weighted by Gasteiger charge is 2.05. The van der Waals surface area contributed by atoms with Crippen molar-refractivity contribution in [3.8, 4) is 0 Å². The summed E-state index contributed by atoms with van der Waals surface area (Å²) < 4.78 is 0. The topological polar surface area (TPSA) is 49.3 Å². The first-order chi connectivity index (χ1) is 8.24. The van der Waals surface area contributed by atoms with Crippen LogP contribution in [0.2, 0.25) is 0 Å². The second-order valence-corrected chi connectivity index (χ2v) is 4.85. The Morgan fingerprint density at radius 1 is 1.35 bits per heavy atom. The molecule has 0 aliphatic heterocycles. The molecule has 3 nitrogen and oxygen atoms in total. The molecule has 2 N–H and O–H groups in total. The van der Waals surface area contributed by atoms with Crippen LogP contribution in [0.5, 0.6) is 0 Å². The van der Waals surface area contributed by atoms with Gasteiger partial charge in [-0.1, -0.05) is 24.3 Å². The van der Waals surface area contributed by atoms with Crippen molar-refractivity contribution in [2.75, 3.05) is 18.6 Å². The van der Waals surface area contributed by atoms with Crippen molar-refractivity contribution < 1.29 is 9.90 Å². The van der Waals surface area contributed by atoms with Crippen molar-refractivity contribution in [3.05, 3.63) is 35.4 Å². The molecule has 0 unspecified atom stereocenters. The summed E-state index contributed by atoms with van der Waals surface area (Å²) in [4.78, 5) is 10.7. The van der Waals surface area contributed by atoms with Gasteiger partial charge >= 0.3 is 5.97 Å². The number of benzene rings is 1. The van der Waals surface area contributed by atoms with E-state index in [0.29, 0.717) is 0 Å². The smallest absolute Gasteiger partial charge is 0.307 e. The molecule has 1 aromatic rings. The monoisotopic (exact) mass is 253 g/mol. The van der Waals surface area contributed by atoms with E-state index < -0.39 is 5.97 Å². The van der Waals surface area contributed by atoms with Gasteiger partial charge in [0.2, 0.25) is 0 Å². The van der Waals surface area contributed by atoms with Crippen molar-refractivity contribution in [2.45, 2.75) is 19.4 Å². The fraction of sp³-hybridized carbons (Fsp3) is 0.462. The quantitative estimate of drug-likeness (QED) is 0.697. The number of hydrogen-bond acceptors (Lipinski definition) is 3. The van der Waals surface area contributed by atoms with Crippen molar-refractivity contribution >= 4 is 17.7 Å². The average Bonchev–Trinajstić information content (AvgIpc) is 2.30. The van der Waals surface area contributed by atoms with Gasteiger partial charge < -0.3 is 10.4 Å². The number of hydrogen-bond donors (Lipinski definition) is 2. The lowest BCUT2D eigenvalue weighted by Gasteiger charge is -2.08. The fourth-order valence-electron chi connectivity index (χ4n) is 1.63. The van der Waals surface area contributed by atoms with Crippen LogP contribution < -0.4 is 5.32 Å². The molecular weight excluding hydrogens is 234 g/mol. The molecule has 0 fully saturated rings. The van der Waals surface area contributed by atoms with Crippen LogP contribution in [0.3, 0.4) is 0 Å². The van der Waals surface area contributed by atoms with Crippen LogP contribution in [0.25, 0.3) is 0 Å². The largest absolute Gasteiger partial charge is 0.481 e. The Labute approximate surface area is 107 Å². The summed E-state index contributed by atoms with van der Waals surface area (Å²) in [5, 5.41) is 12.2. The Hall–Kier alpha value is -1.00. The van der Waals surface area contributed by atoms with E-state index in [1.165, 1.54) is 0 Å². The summed E-state index contributed by atoms with van der Waals surface area (Å²) in [7, 11) is 0. The predicted octanol–water partition coefficient (Wildman–Crippen LogP) is 2.16. The first-order valence-corrected chi connectivity index (χ1v) is 7.11. The lowest BCUT2D eigenvalue weighted by Crippen LogP contribution is -2.17. The summed E-state index contributed by atoms with van der Waals surface area (Å²) in [5.41, 5.74) is 1.98. The number of rotatable bonds is 8. The van der Waals surface area contributed by atoms with E-state index in [9.17, 15) is 4.79 Å². The van der Waals surface area contributed by atoms with Gasteiger partial charge in [0.1, 0.15) is 0 Å². The third-order valence-electron chi connectivity index (χ3n) is 2.48. The van der Waals surface area contributed by atoms with Gasteiger partial charge in [0.25, 0.3) is 0 Å². The molecule has 0 saturated carbocycles. The zero-order valence-corrected chi connectivity index (χ0v) is 10.9. The number of carboxylic acid groups (broad SMARTS) is 1. The van der Waals surface area contributed by atoms with Crippen molar-refractivity contribution in [2.24, 2.45) is 0 Å². The summed E-state index contributed by atoms with van der Waals surface area (Å²) in [5.74, 6) is 0.379. The minimum absolute atomic E-state index is 0.0999. The molecule has 0 heterocycles. The van der Waals surface area contributed by atoms with Crippen molar-refractivity contribution in [1.29, 1.82) is 0 Å². The molecule has 94 valence electrons. The van der Waals surface area contributed by atoms with E-state index >= 15 is 0 Å². The second kappa shape index (κ2) is 8.14. The number of carbonyl (C=O) groups is 1. The van der Waals surface area contributed by atoms with E-state index in [-0.39, 0.29) is 6.42 Å². The molecule has 0 saturated heterocycles. The van der Waals surface area contributed by atoms with Gasteiger partial charge in [-0.05, 0) is 36.1 Å². The lowest BCUT2D eigenvalue weighted by atomic mass is 10.0. The Morgan fingerprint density at radius 2 is 2.06 bits per heavy atom. The van der Waals surface area contributed by atoms with Gasteiger partial charge in [-0.15, -0.1) is 0 Å². The zero-order valence-electron chi connectivity index (χ0n) is 10.1. The molecule has 0 spiro atoms. The molecule has 4 heteroatoms. The summed E-state index contributed by atoms with van der Waals surface area (Å²) >= 11 is 1.84. The number of aliphatic carboxylic acids is 1. The van der Waals surface area contributed by atoms with Gasteiger partial charge in [0.05, 0.1) is 6.42 Å². The summed E-state index contributed by atoms with van der Waals surface area (Å²) in [6.07, 6.45) is 3.34. The van der Waals surface area contributed by atoms with Gasteiger partial charge in [0.15, 0.2) is 0 Å². The maximum absolute atomic E-state index is 10.7. The molecule has 0 amide bonds. The van der Waals surface area contributed by atoms with E-state index in [1.54, 1.807) is 0 Å². The van der Waals surface area contributed by atoms with Crippen LogP contribution in [-0.2, 0) is 17.8 Å². The van der Waals surface area contributed by atoms with Gasteiger partial charge in [-0.25, -0.2) is 0 Å². The third-order valence-corrected chi connectivity index (χ3v) is 3.17. The maximum atomic E-state index is 10.7. The molecule has 0 aliphatic rings. The normalized spacial score (nSPS) is 10.4. The van der Waals surface area contributed by atoms with E-state index in [4.69, 9.17) is 5.11 Å². The Morgan fingerprint density at radius 3 is 2.71 bits per heavy atom. The van der Waals surface area contributed by atoms with Crippen LogP contribution in [0, 0.1) is 0 Å². The SMILES string of the molecule is CSCCCNCc1ccccc1CC(=O)O. The molecule has 0 aliphatic carbocycles. The summed E-state index contributed by atoms with van der Waals surface area (Å²) in [6, 6.07) is 7.70. The minimum atomic E-state index is -0.778. The molecule has 0 radical (unpaired) electrons. The molecule has 0 bridgehead atoms. The predicted molar refractivity (Wildman–Crippen MR) is 72.5 cm³/mol. The second-order valence-electron chi connectivity index (χ2n) is 3.86. The third kappa shape index (κ3) is 5.75.